The van der Waals surface area contributed by atoms with Crippen molar-refractivity contribution >= 4 is 29.9 Å². The summed E-state index contributed by atoms with van der Waals surface area (Å²) < 4.78 is 11.3. The Kier molecular flexibility index (Phi) is 15.1. The van der Waals surface area contributed by atoms with E-state index in [2.05, 4.69) is 29.4 Å². The molecule has 1 heterocycles. The molecule has 1 aliphatic rings. The minimum Gasteiger partial charge on any atom is -0.389 e. The van der Waals surface area contributed by atoms with Crippen LogP contribution in [0.2, 0.25) is 0 Å². The van der Waals surface area contributed by atoms with Crippen molar-refractivity contribution in [2.45, 2.75) is 52.4 Å². The van der Waals surface area contributed by atoms with E-state index in [9.17, 15) is 5.11 Å². The number of ether oxygens (including phenoxy) is 2. The quantitative estimate of drug-likeness (QED) is 0.207. The molecule has 32 heavy (non-hydrogen) atoms. The largest absolute Gasteiger partial charge is 0.389 e. The molecule has 0 aromatic heterocycles. The van der Waals surface area contributed by atoms with Crippen LogP contribution >= 0.6 is 24.0 Å². The summed E-state index contributed by atoms with van der Waals surface area (Å²) in [7, 11) is 0. The monoisotopic (exact) mass is 562 g/mol. The lowest BCUT2D eigenvalue weighted by Gasteiger charge is -2.34. The van der Waals surface area contributed by atoms with E-state index in [0.29, 0.717) is 18.5 Å². The molecule has 1 fully saturated rings. The topological polar surface area (TPSA) is 78.4 Å². The van der Waals surface area contributed by atoms with Gasteiger partial charge in [0.25, 0.3) is 0 Å². The van der Waals surface area contributed by atoms with E-state index in [4.69, 9.17) is 14.5 Å². The van der Waals surface area contributed by atoms with Crippen LogP contribution in [0.25, 0.3) is 0 Å². The van der Waals surface area contributed by atoms with Gasteiger partial charge >= 0.3 is 0 Å². The lowest BCUT2D eigenvalue weighted by atomic mass is 10.0. The fraction of sp³-hybridized carbons (Fsp3) is 0.708. The average molecular weight is 563 g/mol. The van der Waals surface area contributed by atoms with E-state index in [1.165, 1.54) is 0 Å². The summed E-state index contributed by atoms with van der Waals surface area (Å²) in [4.78, 5) is 7.31. The number of hydrogen-bond donors (Lipinski definition) is 3. The van der Waals surface area contributed by atoms with Crippen LogP contribution in [0.5, 0.6) is 0 Å². The lowest BCUT2D eigenvalue weighted by molar-refractivity contribution is -0.000620. The second-order valence-corrected chi connectivity index (χ2v) is 8.57. The van der Waals surface area contributed by atoms with Gasteiger partial charge in [-0.25, -0.2) is 0 Å². The Morgan fingerprint density at radius 1 is 1.16 bits per heavy atom. The third kappa shape index (κ3) is 11.3. The van der Waals surface area contributed by atoms with E-state index in [1.807, 2.05) is 44.2 Å². The number of benzene rings is 1. The molecule has 8 heteroatoms. The molecule has 0 spiro atoms. The first-order valence-electron chi connectivity index (χ1n) is 11.7. The van der Waals surface area contributed by atoms with Crippen molar-refractivity contribution in [3.8, 4) is 0 Å². The summed E-state index contributed by atoms with van der Waals surface area (Å²) in [6, 6.07) is 10.5. The molecule has 3 N–H and O–H groups in total. The highest BCUT2D eigenvalue weighted by Gasteiger charge is 2.22. The van der Waals surface area contributed by atoms with Crippen LogP contribution in [0.15, 0.2) is 35.3 Å². The van der Waals surface area contributed by atoms with E-state index in [1.54, 1.807) is 0 Å². The van der Waals surface area contributed by atoms with Gasteiger partial charge in [0, 0.05) is 32.2 Å². The van der Waals surface area contributed by atoms with Crippen molar-refractivity contribution in [3.05, 3.63) is 35.9 Å². The number of halogens is 1. The fourth-order valence-electron chi connectivity index (χ4n) is 3.71. The molecule has 1 aliphatic heterocycles. The van der Waals surface area contributed by atoms with Crippen LogP contribution in [0, 0.1) is 5.92 Å². The third-order valence-corrected chi connectivity index (χ3v) is 5.42. The van der Waals surface area contributed by atoms with Crippen molar-refractivity contribution in [2.24, 2.45) is 10.9 Å². The number of rotatable bonds is 12. The number of nitrogens with zero attached hydrogens (tertiary/aromatic N) is 2. The predicted molar refractivity (Wildman–Crippen MR) is 142 cm³/mol. The summed E-state index contributed by atoms with van der Waals surface area (Å²) in [6.45, 7) is 14.2. The Balaban J connectivity index is 0.00000512. The van der Waals surface area contributed by atoms with Gasteiger partial charge in [-0.05, 0) is 31.7 Å². The average Bonchev–Trinajstić information content (AvgIpc) is 2.79. The van der Waals surface area contributed by atoms with Crippen LogP contribution in [0.1, 0.15) is 45.8 Å². The van der Waals surface area contributed by atoms with Gasteiger partial charge in [-0.15, -0.1) is 24.0 Å². The fourth-order valence-corrected chi connectivity index (χ4v) is 3.71. The maximum atomic E-state index is 10.4. The van der Waals surface area contributed by atoms with Gasteiger partial charge in [0.1, 0.15) is 0 Å². The number of guanidine groups is 1. The molecule has 0 bridgehead atoms. The van der Waals surface area contributed by atoms with Crippen LogP contribution in [0.4, 0.5) is 0 Å². The zero-order valence-electron chi connectivity index (χ0n) is 20.1. The van der Waals surface area contributed by atoms with Crippen molar-refractivity contribution < 1.29 is 14.6 Å². The first kappa shape index (κ1) is 29.1. The van der Waals surface area contributed by atoms with Gasteiger partial charge in [0.2, 0.25) is 0 Å². The van der Waals surface area contributed by atoms with Crippen LogP contribution in [0.3, 0.4) is 0 Å². The van der Waals surface area contributed by atoms with Gasteiger partial charge in [0.15, 0.2) is 5.96 Å². The summed E-state index contributed by atoms with van der Waals surface area (Å²) in [6.07, 6.45) is 0.445. The molecule has 0 aliphatic carbocycles. The van der Waals surface area contributed by atoms with Gasteiger partial charge in [-0.3, -0.25) is 9.89 Å². The Labute approximate surface area is 211 Å². The highest BCUT2D eigenvalue weighted by atomic mass is 127. The maximum absolute atomic E-state index is 10.4. The first-order chi connectivity index (χ1) is 15.0. The summed E-state index contributed by atoms with van der Waals surface area (Å²) in [5.74, 6) is 1.35. The molecule has 1 aromatic rings. The minimum atomic E-state index is -0.610. The van der Waals surface area contributed by atoms with E-state index < -0.39 is 6.10 Å². The van der Waals surface area contributed by atoms with Crippen LogP contribution < -0.4 is 10.6 Å². The number of aliphatic hydroxyl groups excluding tert-OH is 1. The van der Waals surface area contributed by atoms with E-state index >= 15 is 0 Å². The number of aliphatic imine (C=N–C) groups is 1. The summed E-state index contributed by atoms with van der Waals surface area (Å²) >= 11 is 0. The molecular formula is C24H43IN4O3. The van der Waals surface area contributed by atoms with Gasteiger partial charge in [0.05, 0.1) is 38.6 Å². The molecule has 1 aromatic carbocycles. The molecule has 2 rings (SSSR count). The van der Waals surface area contributed by atoms with Crippen LogP contribution in [-0.2, 0) is 9.47 Å². The Bertz CT molecular complexity index is 627. The smallest absolute Gasteiger partial charge is 0.191 e. The predicted octanol–water partition coefficient (Wildman–Crippen LogP) is 3.05. The molecule has 0 radical (unpaired) electrons. The Morgan fingerprint density at radius 2 is 1.84 bits per heavy atom. The molecule has 184 valence electrons. The van der Waals surface area contributed by atoms with E-state index in [-0.39, 0.29) is 36.7 Å². The van der Waals surface area contributed by atoms with Crippen molar-refractivity contribution in [2.75, 3.05) is 52.5 Å². The van der Waals surface area contributed by atoms with Crippen molar-refractivity contribution in [1.29, 1.82) is 0 Å². The molecule has 3 atom stereocenters. The number of aliphatic hydroxyl groups is 1. The maximum Gasteiger partial charge on any atom is 0.191 e. The lowest BCUT2D eigenvalue weighted by Crippen LogP contribution is -2.47. The standard InChI is InChI=1S/C24H42N4O3.HI/c1-5-25-24(26-16-22(15-19(2)3)28-11-13-30-14-12-28)27-17-23(29)18-31-20(4)21-9-7-6-8-10-21;/h6-10,19-20,22-23,29H,5,11-18H2,1-4H3,(H2,25,26,27);1H. The SMILES string of the molecule is CCNC(=NCC(CC(C)C)N1CCOCC1)NCC(O)COC(C)c1ccccc1.I. The first-order valence-corrected chi connectivity index (χ1v) is 11.7. The van der Waals surface area contributed by atoms with Gasteiger partial charge < -0.3 is 25.2 Å². The Morgan fingerprint density at radius 3 is 2.47 bits per heavy atom. The highest BCUT2D eigenvalue weighted by Crippen LogP contribution is 2.16. The van der Waals surface area contributed by atoms with Gasteiger partial charge in [-0.2, -0.15) is 0 Å². The molecule has 0 saturated carbocycles. The van der Waals surface area contributed by atoms with Crippen molar-refractivity contribution in [3.63, 3.8) is 0 Å². The second-order valence-electron chi connectivity index (χ2n) is 8.57. The third-order valence-electron chi connectivity index (χ3n) is 5.42. The highest BCUT2D eigenvalue weighted by molar-refractivity contribution is 14.0. The zero-order valence-corrected chi connectivity index (χ0v) is 22.5. The molecule has 7 nitrogen and oxygen atoms in total. The second kappa shape index (κ2) is 16.6. The minimum absolute atomic E-state index is 0. The summed E-state index contributed by atoms with van der Waals surface area (Å²) in [5.41, 5.74) is 1.11. The van der Waals surface area contributed by atoms with Crippen molar-refractivity contribution in [1.82, 2.24) is 15.5 Å². The molecule has 3 unspecified atom stereocenters. The summed E-state index contributed by atoms with van der Waals surface area (Å²) in [5, 5.41) is 16.9. The number of hydrogen-bond acceptors (Lipinski definition) is 5. The normalized spacial score (nSPS) is 18.0. The van der Waals surface area contributed by atoms with Crippen LogP contribution in [-0.4, -0.2) is 80.7 Å². The molecule has 0 amide bonds. The Hall–Kier alpha value is -0.940. The van der Waals surface area contributed by atoms with E-state index in [0.717, 1.165) is 57.3 Å². The number of morpholine rings is 1. The zero-order chi connectivity index (χ0) is 22.5. The van der Waals surface area contributed by atoms with Gasteiger partial charge in [-0.1, -0.05) is 44.2 Å². The molecular weight excluding hydrogens is 519 g/mol. The number of nitrogens with one attached hydrogen (secondary N) is 2. The molecule has 1 saturated heterocycles.